The van der Waals surface area contributed by atoms with Gasteiger partial charge in [-0.25, -0.2) is 0 Å². The van der Waals surface area contributed by atoms with Gasteiger partial charge in [0.1, 0.15) is 0 Å². The minimum atomic E-state index is 0.173. The zero-order chi connectivity index (χ0) is 13.0. The Morgan fingerprint density at radius 2 is 1.83 bits per heavy atom. The van der Waals surface area contributed by atoms with Crippen LogP contribution in [0.2, 0.25) is 0 Å². The van der Waals surface area contributed by atoms with Gasteiger partial charge < -0.3 is 10.1 Å². The molecular weight excluding hydrogens is 222 g/mol. The Kier molecular flexibility index (Phi) is 4.41. The summed E-state index contributed by atoms with van der Waals surface area (Å²) in [5, 5.41) is 3.84. The summed E-state index contributed by atoms with van der Waals surface area (Å²) >= 11 is 0. The van der Waals surface area contributed by atoms with E-state index in [0.717, 1.165) is 25.9 Å². The summed E-state index contributed by atoms with van der Waals surface area (Å²) in [5.74, 6) is 0. The third-order valence-electron chi connectivity index (χ3n) is 4.32. The largest absolute Gasteiger partial charge is 0.370 e. The van der Waals surface area contributed by atoms with Crippen LogP contribution in [0.1, 0.15) is 51.7 Å². The van der Waals surface area contributed by atoms with Crippen molar-refractivity contribution in [3.05, 3.63) is 35.9 Å². The van der Waals surface area contributed by atoms with E-state index in [4.69, 9.17) is 4.74 Å². The first-order chi connectivity index (χ1) is 8.74. The molecule has 1 N–H and O–H groups in total. The van der Waals surface area contributed by atoms with E-state index in [2.05, 4.69) is 56.4 Å². The van der Waals surface area contributed by atoms with E-state index in [1.807, 2.05) is 0 Å². The molecule has 1 aliphatic heterocycles. The molecule has 100 valence electrons. The summed E-state index contributed by atoms with van der Waals surface area (Å²) < 4.78 is 6.20. The molecule has 1 fully saturated rings. The van der Waals surface area contributed by atoms with Crippen LogP contribution < -0.4 is 5.32 Å². The van der Waals surface area contributed by atoms with E-state index < -0.39 is 0 Å². The van der Waals surface area contributed by atoms with Crippen LogP contribution in [0.25, 0.3) is 0 Å². The van der Waals surface area contributed by atoms with Gasteiger partial charge in [0, 0.05) is 11.6 Å². The van der Waals surface area contributed by atoms with Crippen LogP contribution in [0.4, 0.5) is 0 Å². The van der Waals surface area contributed by atoms with Gasteiger partial charge in [-0.1, -0.05) is 51.1 Å². The highest BCUT2D eigenvalue weighted by Gasteiger charge is 2.38. The first kappa shape index (κ1) is 13.6. The molecule has 0 spiro atoms. The molecule has 2 heteroatoms. The second kappa shape index (κ2) is 5.85. The lowest BCUT2D eigenvalue weighted by atomic mass is 9.87. The second-order valence-electron chi connectivity index (χ2n) is 5.29. The molecule has 2 rings (SSSR count). The molecule has 0 radical (unpaired) electrons. The van der Waals surface area contributed by atoms with Crippen molar-refractivity contribution in [1.29, 1.82) is 0 Å². The van der Waals surface area contributed by atoms with E-state index in [-0.39, 0.29) is 11.6 Å². The van der Waals surface area contributed by atoms with Crippen molar-refractivity contribution < 1.29 is 4.74 Å². The van der Waals surface area contributed by atoms with E-state index in [1.54, 1.807) is 0 Å². The predicted octanol–water partition coefficient (Wildman–Crippen LogP) is 3.68. The summed E-state index contributed by atoms with van der Waals surface area (Å²) in [6, 6.07) is 11.0. The number of benzene rings is 1. The summed E-state index contributed by atoms with van der Waals surface area (Å²) in [5.41, 5.74) is 1.46. The Bertz CT molecular complexity index is 359. The monoisotopic (exact) mass is 247 g/mol. The first-order valence-corrected chi connectivity index (χ1v) is 7.19. The molecule has 1 aromatic carbocycles. The van der Waals surface area contributed by atoms with Crippen molar-refractivity contribution in [1.82, 2.24) is 5.32 Å². The Hall–Kier alpha value is -0.860. The van der Waals surface area contributed by atoms with E-state index in [0.29, 0.717) is 6.04 Å². The molecule has 1 saturated heterocycles. The molecule has 0 saturated carbocycles. The van der Waals surface area contributed by atoms with Crippen LogP contribution in [0.5, 0.6) is 0 Å². The van der Waals surface area contributed by atoms with Crippen LogP contribution in [0.3, 0.4) is 0 Å². The lowest BCUT2D eigenvalue weighted by Crippen LogP contribution is -2.59. The average molecular weight is 247 g/mol. The van der Waals surface area contributed by atoms with Crippen molar-refractivity contribution in [3.8, 4) is 0 Å². The number of hydrogen-bond acceptors (Lipinski definition) is 2. The maximum atomic E-state index is 6.20. The minimum Gasteiger partial charge on any atom is -0.370 e. The summed E-state index contributed by atoms with van der Waals surface area (Å²) in [4.78, 5) is 0. The van der Waals surface area contributed by atoms with Gasteiger partial charge in [-0.05, 0) is 24.8 Å². The highest BCUT2D eigenvalue weighted by molar-refractivity contribution is 5.20. The lowest BCUT2D eigenvalue weighted by molar-refractivity contribution is -0.0684. The fraction of sp³-hybridized carbons (Fsp3) is 0.625. The highest BCUT2D eigenvalue weighted by Crippen LogP contribution is 2.32. The van der Waals surface area contributed by atoms with Crippen molar-refractivity contribution in [3.63, 3.8) is 0 Å². The molecule has 18 heavy (non-hydrogen) atoms. The molecule has 2 unspecified atom stereocenters. The highest BCUT2D eigenvalue weighted by atomic mass is 16.5. The Labute approximate surface area is 111 Å². The molecule has 2 nitrogen and oxygen atoms in total. The van der Waals surface area contributed by atoms with Gasteiger partial charge in [0.05, 0.1) is 12.7 Å². The Morgan fingerprint density at radius 1 is 1.17 bits per heavy atom. The molecule has 2 atom stereocenters. The number of hydrogen-bond donors (Lipinski definition) is 1. The lowest BCUT2D eigenvalue weighted by Gasteiger charge is -2.45. The zero-order valence-corrected chi connectivity index (χ0v) is 11.8. The molecule has 0 amide bonds. The molecular formula is C16H25NO. The fourth-order valence-corrected chi connectivity index (χ4v) is 2.82. The van der Waals surface area contributed by atoms with Crippen molar-refractivity contribution in [2.24, 2.45) is 0 Å². The molecule has 1 heterocycles. The zero-order valence-electron chi connectivity index (χ0n) is 11.8. The van der Waals surface area contributed by atoms with Crippen LogP contribution in [0, 0.1) is 0 Å². The van der Waals surface area contributed by atoms with Crippen LogP contribution in [0.15, 0.2) is 30.3 Å². The van der Waals surface area contributed by atoms with Crippen molar-refractivity contribution in [2.45, 2.75) is 57.7 Å². The fourth-order valence-electron chi connectivity index (χ4n) is 2.82. The predicted molar refractivity (Wildman–Crippen MR) is 75.7 cm³/mol. The average Bonchev–Trinajstić information content (AvgIpc) is 2.47. The van der Waals surface area contributed by atoms with Gasteiger partial charge >= 0.3 is 0 Å². The Balaban J connectivity index is 2.16. The van der Waals surface area contributed by atoms with Crippen LogP contribution >= 0.6 is 0 Å². The van der Waals surface area contributed by atoms with Gasteiger partial charge in [-0.3, -0.25) is 0 Å². The van der Waals surface area contributed by atoms with Gasteiger partial charge in [0.25, 0.3) is 0 Å². The maximum absolute atomic E-state index is 6.20. The summed E-state index contributed by atoms with van der Waals surface area (Å²) in [6.07, 6.45) is 3.55. The van der Waals surface area contributed by atoms with Crippen molar-refractivity contribution >= 4 is 0 Å². The van der Waals surface area contributed by atoms with Crippen LogP contribution in [-0.2, 0) is 4.74 Å². The molecule has 0 aliphatic carbocycles. The third-order valence-corrected chi connectivity index (χ3v) is 4.32. The molecule has 0 aromatic heterocycles. The van der Waals surface area contributed by atoms with Crippen molar-refractivity contribution in [2.75, 3.05) is 6.61 Å². The summed E-state index contributed by atoms with van der Waals surface area (Å²) in [6.45, 7) is 7.54. The SMILES string of the molecule is CCC1NC(CC)(CC)COC1c1ccccc1. The van der Waals surface area contributed by atoms with Gasteiger partial charge in [-0.2, -0.15) is 0 Å². The molecule has 1 aromatic rings. The van der Waals surface area contributed by atoms with Gasteiger partial charge in [0.15, 0.2) is 0 Å². The van der Waals surface area contributed by atoms with Gasteiger partial charge in [0.2, 0.25) is 0 Å². The number of morpholine rings is 1. The normalized spacial score (nSPS) is 27.1. The quantitative estimate of drug-likeness (QED) is 0.876. The number of nitrogens with one attached hydrogen (secondary N) is 1. The second-order valence-corrected chi connectivity index (χ2v) is 5.29. The first-order valence-electron chi connectivity index (χ1n) is 7.19. The van der Waals surface area contributed by atoms with E-state index >= 15 is 0 Å². The standard InChI is InChI=1S/C16H25NO/c1-4-14-15(13-10-8-7-9-11-13)18-12-16(5-2,6-3)17-14/h7-11,14-15,17H,4-6,12H2,1-3H3. The number of ether oxygens (including phenoxy) is 1. The molecule has 0 bridgehead atoms. The van der Waals surface area contributed by atoms with Gasteiger partial charge in [-0.15, -0.1) is 0 Å². The third kappa shape index (κ3) is 2.60. The van der Waals surface area contributed by atoms with E-state index in [1.165, 1.54) is 5.56 Å². The maximum Gasteiger partial charge on any atom is 0.0978 e. The topological polar surface area (TPSA) is 21.3 Å². The smallest absolute Gasteiger partial charge is 0.0978 e. The number of rotatable bonds is 4. The Morgan fingerprint density at radius 3 is 2.39 bits per heavy atom. The van der Waals surface area contributed by atoms with Crippen LogP contribution in [-0.4, -0.2) is 18.2 Å². The summed E-state index contributed by atoms with van der Waals surface area (Å²) in [7, 11) is 0. The molecule has 1 aliphatic rings. The minimum absolute atomic E-state index is 0.173. The van der Waals surface area contributed by atoms with E-state index in [9.17, 15) is 0 Å².